The fourth-order valence-electron chi connectivity index (χ4n) is 4.60. The van der Waals surface area contributed by atoms with Gasteiger partial charge in [-0.05, 0) is 63.1 Å². The number of halogens is 1. The van der Waals surface area contributed by atoms with Crippen LogP contribution in [-0.2, 0) is 6.42 Å². The highest BCUT2D eigenvalue weighted by molar-refractivity contribution is 5.80. The summed E-state index contributed by atoms with van der Waals surface area (Å²) >= 11 is 0. The molecule has 1 fully saturated rings. The van der Waals surface area contributed by atoms with Crippen molar-refractivity contribution < 1.29 is 9.18 Å². The van der Waals surface area contributed by atoms with Crippen LogP contribution < -0.4 is 10.6 Å². The molecule has 0 bridgehead atoms. The van der Waals surface area contributed by atoms with Crippen molar-refractivity contribution in [3.8, 4) is 22.6 Å². The largest absolute Gasteiger partial charge is 0.351 e. The highest BCUT2D eigenvalue weighted by atomic mass is 19.1. The Balaban J connectivity index is 1.29. The summed E-state index contributed by atoms with van der Waals surface area (Å²) in [7, 11) is 0. The van der Waals surface area contributed by atoms with Crippen molar-refractivity contribution >= 4 is 18.2 Å². The van der Waals surface area contributed by atoms with Crippen LogP contribution in [0.4, 0.5) is 15.1 Å². The maximum absolute atomic E-state index is 13.5. The average molecular weight is 500 g/mol. The maximum atomic E-state index is 13.5. The monoisotopic (exact) mass is 499 g/mol. The molecule has 0 spiro atoms. The molecule has 3 aromatic rings. The molecule has 8 nitrogen and oxygen atoms in total. The molecule has 37 heavy (non-hydrogen) atoms. The third kappa shape index (κ3) is 5.45. The molecule has 5 rings (SSSR count). The van der Waals surface area contributed by atoms with Crippen LogP contribution in [0.25, 0.3) is 28.8 Å². The van der Waals surface area contributed by atoms with E-state index in [0.717, 1.165) is 53.4 Å². The van der Waals surface area contributed by atoms with Gasteiger partial charge in [-0.15, -0.1) is 0 Å². The molecule has 2 aromatic heterocycles. The number of hydrogen-bond donors (Lipinski definition) is 2. The fourth-order valence-corrected chi connectivity index (χ4v) is 4.60. The molecule has 0 saturated carbocycles. The van der Waals surface area contributed by atoms with E-state index in [9.17, 15) is 9.18 Å². The Morgan fingerprint density at radius 2 is 1.92 bits per heavy atom. The third-order valence-electron chi connectivity index (χ3n) is 6.51. The van der Waals surface area contributed by atoms with Gasteiger partial charge in [0.15, 0.2) is 0 Å². The van der Waals surface area contributed by atoms with E-state index >= 15 is 0 Å². The van der Waals surface area contributed by atoms with Gasteiger partial charge in [0.1, 0.15) is 11.6 Å². The Kier molecular flexibility index (Phi) is 7.11. The first-order valence-electron chi connectivity index (χ1n) is 12.5. The summed E-state index contributed by atoms with van der Waals surface area (Å²) in [5, 5.41) is 6.38. The number of benzene rings is 1. The molecule has 1 aromatic carbocycles. The molecular formula is C28H30FN7O. The minimum absolute atomic E-state index is 0.0779. The lowest BCUT2D eigenvalue weighted by molar-refractivity contribution is 0.186. The summed E-state index contributed by atoms with van der Waals surface area (Å²) in [5.74, 6) is 1.17. The van der Waals surface area contributed by atoms with Crippen LogP contribution in [0.3, 0.4) is 0 Å². The number of allylic oxidation sites excluding steroid dienone is 5. The van der Waals surface area contributed by atoms with Gasteiger partial charge in [-0.1, -0.05) is 18.2 Å². The highest BCUT2D eigenvalue weighted by Crippen LogP contribution is 2.34. The summed E-state index contributed by atoms with van der Waals surface area (Å²) < 4.78 is 15.6. The van der Waals surface area contributed by atoms with E-state index in [0.29, 0.717) is 19.0 Å². The number of nitrogens with zero attached hydrogens (tertiary/aromatic N) is 5. The third-order valence-corrected chi connectivity index (χ3v) is 6.51. The smallest absolute Gasteiger partial charge is 0.321 e. The lowest BCUT2D eigenvalue weighted by Gasteiger charge is -2.32. The molecular weight excluding hydrogens is 469 g/mol. The second-order valence-corrected chi connectivity index (χ2v) is 9.17. The Labute approximate surface area is 215 Å². The van der Waals surface area contributed by atoms with Gasteiger partial charge in [0.25, 0.3) is 0 Å². The maximum Gasteiger partial charge on any atom is 0.321 e. The molecule has 2 aliphatic rings. The molecule has 1 saturated heterocycles. The molecule has 2 amide bonds. The normalized spacial score (nSPS) is 15.9. The van der Waals surface area contributed by atoms with Crippen LogP contribution in [-0.4, -0.2) is 49.6 Å². The second-order valence-electron chi connectivity index (χ2n) is 9.17. The van der Waals surface area contributed by atoms with Gasteiger partial charge >= 0.3 is 6.03 Å². The van der Waals surface area contributed by atoms with E-state index in [-0.39, 0.29) is 17.9 Å². The standard InChI is InChI=1S/C28H30FN7O/c1-3-4-6-19(2)31-28(37)35-17-13-22(14-18-35)32-27-30-15-12-23(33-27)26-25(20-8-10-21(29)11-9-20)34-24-7-5-16-36(24)26/h3-6,8-12,15-16,22H,7,13-14,17-18H2,1-2H3,(H,31,37)(H,30,32,33)/b4-3-,19-6+. The number of anilines is 1. The van der Waals surface area contributed by atoms with Crippen LogP contribution in [0.5, 0.6) is 0 Å². The number of hydrogen-bond acceptors (Lipinski definition) is 5. The summed E-state index contributed by atoms with van der Waals surface area (Å²) in [4.78, 5) is 28.5. The number of piperidine rings is 1. The van der Waals surface area contributed by atoms with Crippen molar-refractivity contribution in [2.75, 3.05) is 18.4 Å². The van der Waals surface area contributed by atoms with Gasteiger partial charge in [0, 0.05) is 49.2 Å². The summed E-state index contributed by atoms with van der Waals surface area (Å²) in [5.41, 5.74) is 4.01. The Hall–Kier alpha value is -4.27. The van der Waals surface area contributed by atoms with Crippen LogP contribution in [0, 0.1) is 5.82 Å². The van der Waals surface area contributed by atoms with Crippen molar-refractivity contribution in [3.63, 3.8) is 0 Å². The lowest BCUT2D eigenvalue weighted by Crippen LogP contribution is -2.46. The molecule has 0 atom stereocenters. The molecule has 2 aliphatic heterocycles. The number of urea groups is 1. The number of likely N-dealkylation sites (tertiary alicyclic amines) is 1. The number of carbonyl (C=O) groups is 1. The van der Waals surface area contributed by atoms with Gasteiger partial charge < -0.3 is 20.1 Å². The fraction of sp³-hybridized carbons (Fsp3) is 0.286. The first kappa shape index (κ1) is 24.4. The number of nitrogens with one attached hydrogen (secondary N) is 2. The van der Waals surface area contributed by atoms with E-state index < -0.39 is 0 Å². The van der Waals surface area contributed by atoms with Crippen LogP contribution >= 0.6 is 0 Å². The highest BCUT2D eigenvalue weighted by Gasteiger charge is 2.25. The molecule has 0 unspecified atom stereocenters. The van der Waals surface area contributed by atoms with E-state index in [4.69, 9.17) is 9.97 Å². The Bertz CT molecular complexity index is 1370. The van der Waals surface area contributed by atoms with Crippen LogP contribution in [0.1, 0.15) is 32.5 Å². The first-order chi connectivity index (χ1) is 18.0. The number of amides is 2. The zero-order chi connectivity index (χ0) is 25.8. The predicted molar refractivity (Wildman–Crippen MR) is 143 cm³/mol. The quantitative estimate of drug-likeness (QED) is 0.453. The zero-order valence-electron chi connectivity index (χ0n) is 21.0. The van der Waals surface area contributed by atoms with E-state index in [1.807, 2.05) is 53.8 Å². The van der Waals surface area contributed by atoms with Gasteiger partial charge in [0.2, 0.25) is 5.95 Å². The predicted octanol–water partition coefficient (Wildman–Crippen LogP) is 5.24. The second kappa shape index (κ2) is 10.8. The van der Waals surface area contributed by atoms with Crippen molar-refractivity contribution in [1.29, 1.82) is 0 Å². The number of aromatic nitrogens is 4. The van der Waals surface area contributed by atoms with Crippen molar-refractivity contribution in [2.24, 2.45) is 0 Å². The topological polar surface area (TPSA) is 88.0 Å². The number of imidazole rings is 1. The average Bonchev–Trinajstić information content (AvgIpc) is 3.50. The summed E-state index contributed by atoms with van der Waals surface area (Å²) in [6.07, 6.45) is 13.8. The van der Waals surface area contributed by atoms with Crippen molar-refractivity contribution in [1.82, 2.24) is 29.7 Å². The van der Waals surface area contributed by atoms with Gasteiger partial charge in [-0.3, -0.25) is 0 Å². The summed E-state index contributed by atoms with van der Waals surface area (Å²) in [6, 6.07) is 8.31. The van der Waals surface area contributed by atoms with Gasteiger partial charge in [-0.2, -0.15) is 0 Å². The molecule has 0 radical (unpaired) electrons. The molecule has 0 aliphatic carbocycles. The zero-order valence-corrected chi connectivity index (χ0v) is 21.0. The minimum Gasteiger partial charge on any atom is -0.351 e. The molecule has 190 valence electrons. The minimum atomic E-state index is -0.283. The van der Waals surface area contributed by atoms with Crippen molar-refractivity contribution in [3.05, 3.63) is 78.2 Å². The van der Waals surface area contributed by atoms with Crippen LogP contribution in [0.15, 0.2) is 66.5 Å². The number of carbonyl (C=O) groups excluding carboxylic acids is 1. The van der Waals surface area contributed by atoms with Crippen molar-refractivity contribution in [2.45, 2.75) is 39.2 Å². The number of rotatable bonds is 6. The van der Waals surface area contributed by atoms with Crippen LogP contribution in [0.2, 0.25) is 0 Å². The van der Waals surface area contributed by atoms with E-state index in [1.54, 1.807) is 18.3 Å². The van der Waals surface area contributed by atoms with Gasteiger partial charge in [0.05, 0.1) is 17.1 Å². The Morgan fingerprint density at radius 3 is 2.68 bits per heavy atom. The molecule has 4 heterocycles. The van der Waals surface area contributed by atoms with Gasteiger partial charge in [-0.25, -0.2) is 24.1 Å². The van der Waals surface area contributed by atoms with E-state index in [1.165, 1.54) is 12.1 Å². The molecule has 2 N–H and O–H groups in total. The summed E-state index contributed by atoms with van der Waals surface area (Å²) in [6.45, 7) is 5.11. The lowest BCUT2D eigenvalue weighted by atomic mass is 10.1. The van der Waals surface area contributed by atoms with E-state index in [2.05, 4.69) is 21.7 Å². The molecule has 9 heteroatoms. The first-order valence-corrected chi connectivity index (χ1v) is 12.5. The SMILES string of the molecule is C/C=C\C=C(/C)NC(=O)N1CCC(Nc2nccc(-c3c(-c4ccc(F)cc4)nc4n3C=CC4)n2)CC1. The number of fused-ring (bicyclic) bond motifs is 1. The Morgan fingerprint density at radius 1 is 1.14 bits per heavy atom.